The van der Waals surface area contributed by atoms with E-state index in [-0.39, 0.29) is 11.6 Å². The Morgan fingerprint density at radius 1 is 0.688 bits per heavy atom. The molecule has 154 valence electrons. The van der Waals surface area contributed by atoms with Gasteiger partial charge in [-0.2, -0.15) is 0 Å². The normalized spacial score (nSPS) is 10.1. The summed E-state index contributed by atoms with van der Waals surface area (Å²) >= 11 is 0. The molecule has 0 radical (unpaired) electrons. The summed E-state index contributed by atoms with van der Waals surface area (Å²) in [4.78, 5) is 0. The van der Waals surface area contributed by atoms with Crippen molar-refractivity contribution in [2.45, 2.75) is 12.8 Å². The van der Waals surface area contributed by atoms with Gasteiger partial charge >= 0.3 is 0 Å². The molecule has 0 fully saturated rings. The van der Waals surface area contributed by atoms with E-state index in [1.807, 2.05) is 36.4 Å². The lowest BCUT2D eigenvalue weighted by Crippen LogP contribution is -1.88. The van der Waals surface area contributed by atoms with Crippen molar-refractivity contribution in [3.63, 3.8) is 0 Å². The van der Waals surface area contributed by atoms with Crippen molar-refractivity contribution < 1.29 is 8.78 Å². The molecule has 0 saturated heterocycles. The number of hydrogen-bond donors (Lipinski definition) is 0. The van der Waals surface area contributed by atoms with Gasteiger partial charge in [0.1, 0.15) is 11.6 Å². The van der Waals surface area contributed by atoms with Gasteiger partial charge in [-0.1, -0.05) is 54.0 Å². The summed E-state index contributed by atoms with van der Waals surface area (Å²) in [5, 5.41) is 1.26. The van der Waals surface area contributed by atoms with Gasteiger partial charge in [0.25, 0.3) is 0 Å². The van der Waals surface area contributed by atoms with Crippen molar-refractivity contribution in [3.05, 3.63) is 131 Å². The van der Waals surface area contributed by atoms with Gasteiger partial charge in [-0.25, -0.2) is 8.78 Å². The van der Waals surface area contributed by atoms with Crippen LogP contribution in [0.2, 0.25) is 0 Å². The van der Waals surface area contributed by atoms with E-state index in [2.05, 4.69) is 42.4 Å². The van der Waals surface area contributed by atoms with Crippen LogP contribution in [0.3, 0.4) is 0 Å². The quantitative estimate of drug-likeness (QED) is 0.247. The molecule has 0 atom stereocenters. The van der Waals surface area contributed by atoms with E-state index in [1.165, 1.54) is 17.7 Å². The minimum atomic E-state index is -0.369. The van der Waals surface area contributed by atoms with Crippen LogP contribution < -0.4 is 0 Å². The Labute approximate surface area is 187 Å². The van der Waals surface area contributed by atoms with Crippen LogP contribution in [0, 0.1) is 35.3 Å². The molecule has 4 rings (SSSR count). The molecule has 0 unspecified atom stereocenters. The van der Waals surface area contributed by atoms with Gasteiger partial charge < -0.3 is 0 Å². The molecule has 0 aliphatic carbocycles. The van der Waals surface area contributed by atoms with Crippen LogP contribution in [0.25, 0.3) is 10.8 Å². The molecule has 0 aliphatic rings. The van der Waals surface area contributed by atoms with E-state index in [1.54, 1.807) is 24.3 Å². The maximum atomic E-state index is 14.9. The Hall–Kier alpha value is -4.14. The van der Waals surface area contributed by atoms with Gasteiger partial charge in [0.2, 0.25) is 0 Å². The van der Waals surface area contributed by atoms with Crippen molar-refractivity contribution in [1.29, 1.82) is 0 Å². The summed E-state index contributed by atoms with van der Waals surface area (Å²) in [5.41, 5.74) is 3.94. The minimum absolute atomic E-state index is 0.303. The van der Waals surface area contributed by atoms with E-state index >= 15 is 0 Å². The zero-order valence-corrected chi connectivity index (χ0v) is 17.5. The first-order valence-electron chi connectivity index (χ1n) is 10.3. The fraction of sp³-hybridized carbons (Fsp3) is 0.0667. The first-order valence-corrected chi connectivity index (χ1v) is 10.3. The summed E-state index contributed by atoms with van der Waals surface area (Å²) in [6.45, 7) is 3.75. The molecular weight excluding hydrogens is 398 g/mol. The first-order chi connectivity index (χ1) is 15.6. The molecule has 0 spiro atoms. The van der Waals surface area contributed by atoms with Crippen LogP contribution in [-0.4, -0.2) is 0 Å². The smallest absolute Gasteiger partial charge is 0.146 e. The fourth-order valence-electron chi connectivity index (χ4n) is 3.31. The lowest BCUT2D eigenvalue weighted by atomic mass is 10.0. The first kappa shape index (κ1) is 21.1. The maximum absolute atomic E-state index is 14.9. The third-order valence-electron chi connectivity index (χ3n) is 5.08. The zero-order valence-electron chi connectivity index (χ0n) is 17.5. The minimum Gasteiger partial charge on any atom is -0.207 e. The number of allylic oxidation sites excluding steroid dienone is 1. The second-order valence-corrected chi connectivity index (χ2v) is 7.39. The molecule has 2 heteroatoms. The number of rotatable bonds is 3. The third kappa shape index (κ3) is 5.12. The van der Waals surface area contributed by atoms with Gasteiger partial charge in [0.05, 0.1) is 5.56 Å². The Bertz CT molecular complexity index is 1390. The fourth-order valence-corrected chi connectivity index (χ4v) is 3.31. The molecule has 0 aliphatic heterocycles. The largest absolute Gasteiger partial charge is 0.207 e. The molecule has 0 bridgehead atoms. The van der Waals surface area contributed by atoms with Crippen LogP contribution in [-0.2, 0) is 6.42 Å². The molecule has 0 aromatic heterocycles. The van der Waals surface area contributed by atoms with Crippen molar-refractivity contribution in [2.24, 2.45) is 0 Å². The second-order valence-electron chi connectivity index (χ2n) is 7.39. The number of fused-ring (bicyclic) bond motifs is 1. The molecule has 0 nitrogen and oxygen atoms in total. The summed E-state index contributed by atoms with van der Waals surface area (Å²) < 4.78 is 27.9. The summed E-state index contributed by atoms with van der Waals surface area (Å²) in [6.07, 6.45) is 3.85. The Kier molecular flexibility index (Phi) is 6.45. The monoisotopic (exact) mass is 418 g/mol. The van der Waals surface area contributed by atoms with Crippen molar-refractivity contribution in [3.8, 4) is 23.7 Å². The third-order valence-corrected chi connectivity index (χ3v) is 5.08. The van der Waals surface area contributed by atoms with Crippen LogP contribution in [0.15, 0.2) is 91.5 Å². The van der Waals surface area contributed by atoms with E-state index in [9.17, 15) is 8.78 Å². The highest BCUT2D eigenvalue weighted by atomic mass is 19.1. The molecular formula is C30H20F2. The molecule has 4 aromatic carbocycles. The molecule has 0 amide bonds. The van der Waals surface area contributed by atoms with Gasteiger partial charge in [0, 0.05) is 22.1 Å². The van der Waals surface area contributed by atoms with Crippen LogP contribution >= 0.6 is 0 Å². The maximum Gasteiger partial charge on any atom is 0.146 e. The topological polar surface area (TPSA) is 0 Å². The molecule has 32 heavy (non-hydrogen) atoms. The van der Waals surface area contributed by atoms with Crippen molar-refractivity contribution >= 4 is 10.8 Å². The van der Waals surface area contributed by atoms with E-state index in [0.29, 0.717) is 16.5 Å². The Morgan fingerprint density at radius 3 is 2.03 bits per heavy atom. The van der Waals surface area contributed by atoms with Gasteiger partial charge in [0.15, 0.2) is 0 Å². The summed E-state index contributed by atoms with van der Waals surface area (Å²) in [7, 11) is 0. The highest BCUT2D eigenvalue weighted by Crippen LogP contribution is 2.22. The number of hydrogen-bond acceptors (Lipinski definition) is 0. The van der Waals surface area contributed by atoms with E-state index in [4.69, 9.17) is 0 Å². The molecule has 0 heterocycles. The van der Waals surface area contributed by atoms with Crippen molar-refractivity contribution in [2.75, 3.05) is 0 Å². The lowest BCUT2D eigenvalue weighted by molar-refractivity contribution is 0.627. The lowest BCUT2D eigenvalue weighted by Gasteiger charge is -2.03. The van der Waals surface area contributed by atoms with Gasteiger partial charge in [-0.15, -0.1) is 6.58 Å². The summed E-state index contributed by atoms with van der Waals surface area (Å²) in [5.74, 6) is 11.3. The number of aryl methyl sites for hydroxylation is 1. The number of halogens is 2. The standard InChI is InChI=1S/C30H20F2/c1-2-3-4-22-5-7-23(8-6-22)9-10-25-14-20-29-27(21-25)17-16-26(30(29)32)15-11-24-12-18-28(31)19-13-24/h2,5-8,12-14,16-21H,1,3-4H2. The van der Waals surface area contributed by atoms with Crippen LogP contribution in [0.5, 0.6) is 0 Å². The Balaban J connectivity index is 1.56. The predicted molar refractivity (Wildman–Crippen MR) is 127 cm³/mol. The average Bonchev–Trinajstić information content (AvgIpc) is 2.82. The highest BCUT2D eigenvalue weighted by molar-refractivity contribution is 5.86. The van der Waals surface area contributed by atoms with Crippen molar-refractivity contribution in [1.82, 2.24) is 0 Å². The van der Waals surface area contributed by atoms with Crippen LogP contribution in [0.4, 0.5) is 8.78 Å². The average molecular weight is 418 g/mol. The SMILES string of the molecule is C=CCCc1ccc(C#Cc2ccc3c(F)c(C#Cc4ccc(F)cc4)ccc3c2)cc1. The summed E-state index contributed by atoms with van der Waals surface area (Å²) in [6, 6.07) is 22.9. The van der Waals surface area contributed by atoms with Gasteiger partial charge in [-0.3, -0.25) is 0 Å². The van der Waals surface area contributed by atoms with Gasteiger partial charge in [-0.05, 0) is 78.4 Å². The molecule has 0 saturated carbocycles. The Morgan fingerprint density at radius 2 is 1.31 bits per heavy atom. The van der Waals surface area contributed by atoms with Crippen LogP contribution in [0.1, 0.15) is 34.2 Å². The van der Waals surface area contributed by atoms with E-state index in [0.717, 1.165) is 29.4 Å². The van der Waals surface area contributed by atoms with E-state index < -0.39 is 0 Å². The second kappa shape index (κ2) is 9.78. The molecule has 4 aromatic rings. The molecule has 0 N–H and O–H groups in total. The highest BCUT2D eigenvalue weighted by Gasteiger charge is 2.06. The number of benzene rings is 4. The zero-order chi connectivity index (χ0) is 22.3. The predicted octanol–water partition coefficient (Wildman–Crippen LogP) is 7.04.